The fourth-order valence-corrected chi connectivity index (χ4v) is 3.11. The summed E-state index contributed by atoms with van der Waals surface area (Å²) in [7, 11) is 1.29. The number of nitrogens with zero attached hydrogens (tertiary/aromatic N) is 1. The minimum atomic E-state index is -0.535. The van der Waals surface area contributed by atoms with Crippen LogP contribution in [0.5, 0.6) is 0 Å². The number of rotatable bonds is 3. The van der Waals surface area contributed by atoms with Crippen LogP contribution >= 0.6 is 0 Å². The van der Waals surface area contributed by atoms with Gasteiger partial charge in [0.25, 0.3) is 5.91 Å². The Morgan fingerprint density at radius 3 is 2.52 bits per heavy atom. The molecule has 1 aliphatic heterocycles. The Labute approximate surface area is 134 Å². The van der Waals surface area contributed by atoms with Crippen molar-refractivity contribution in [1.29, 1.82) is 0 Å². The van der Waals surface area contributed by atoms with Gasteiger partial charge in [-0.05, 0) is 36.6 Å². The molecule has 0 atom stereocenters. The predicted octanol–water partition coefficient (Wildman–Crippen LogP) is 3.05. The number of carbonyl (C=O) groups is 2. The zero-order valence-electron chi connectivity index (χ0n) is 12.9. The highest BCUT2D eigenvalue weighted by molar-refractivity contribution is 6.15. The summed E-state index contributed by atoms with van der Waals surface area (Å²) in [5.41, 5.74) is 1.22. The Morgan fingerprint density at radius 2 is 1.91 bits per heavy atom. The van der Waals surface area contributed by atoms with Gasteiger partial charge in [0.05, 0.1) is 18.3 Å². The van der Waals surface area contributed by atoms with E-state index in [2.05, 4.69) is 0 Å². The quantitative estimate of drug-likeness (QED) is 0.636. The van der Waals surface area contributed by atoms with Crippen LogP contribution in [-0.2, 0) is 14.3 Å². The largest absolute Gasteiger partial charge is 0.465 e. The summed E-state index contributed by atoms with van der Waals surface area (Å²) in [6.07, 6.45) is 7.28. The van der Waals surface area contributed by atoms with Gasteiger partial charge in [0.2, 0.25) is 0 Å². The lowest BCUT2D eigenvalue weighted by molar-refractivity contribution is -0.136. The minimum absolute atomic E-state index is 0.140. The Hall–Kier alpha value is -2.43. The van der Waals surface area contributed by atoms with Gasteiger partial charge >= 0.3 is 5.97 Å². The molecular weight excluding hydrogens is 297 g/mol. The zero-order chi connectivity index (χ0) is 16.4. The number of halogens is 1. The highest BCUT2D eigenvalue weighted by atomic mass is 19.1. The lowest BCUT2D eigenvalue weighted by atomic mass is 10.0. The van der Waals surface area contributed by atoms with Crippen LogP contribution in [0, 0.1) is 5.82 Å². The van der Waals surface area contributed by atoms with E-state index in [-0.39, 0.29) is 23.3 Å². The third-order valence-corrected chi connectivity index (χ3v) is 4.33. The molecule has 0 aromatic heterocycles. The number of carbonyl (C=O) groups excluding carboxylic acids is 2. The molecule has 1 fully saturated rings. The van der Waals surface area contributed by atoms with Crippen molar-refractivity contribution in [2.24, 2.45) is 0 Å². The molecule has 1 saturated carbocycles. The third kappa shape index (κ3) is 3.04. The molecule has 0 radical (unpaired) electrons. The summed E-state index contributed by atoms with van der Waals surface area (Å²) in [6, 6.07) is 5.93. The molecule has 1 aromatic rings. The standard InChI is InChI=1S/C18H18FNO3/c1-23-18(22)16-11-20(14-4-2-3-5-14)17(21)15(16)10-12-6-8-13(19)9-7-12/h6-11,14H,2-5H2,1H3/b15-10-. The van der Waals surface area contributed by atoms with Gasteiger partial charge in [0.1, 0.15) is 5.82 Å². The van der Waals surface area contributed by atoms with Gasteiger partial charge in [-0.25, -0.2) is 9.18 Å². The van der Waals surface area contributed by atoms with Crippen molar-refractivity contribution >= 4 is 18.0 Å². The zero-order valence-corrected chi connectivity index (χ0v) is 12.9. The van der Waals surface area contributed by atoms with E-state index in [0.29, 0.717) is 11.1 Å². The Balaban J connectivity index is 1.96. The molecule has 120 valence electrons. The van der Waals surface area contributed by atoms with Crippen LogP contribution in [0.3, 0.4) is 0 Å². The van der Waals surface area contributed by atoms with E-state index < -0.39 is 5.97 Å². The Kier molecular flexibility index (Phi) is 4.28. The highest BCUT2D eigenvalue weighted by Gasteiger charge is 2.37. The van der Waals surface area contributed by atoms with E-state index in [0.717, 1.165) is 25.7 Å². The lowest BCUT2D eigenvalue weighted by Crippen LogP contribution is -2.31. The molecule has 1 heterocycles. The second-order valence-electron chi connectivity index (χ2n) is 5.79. The van der Waals surface area contributed by atoms with Crippen LogP contribution in [0.4, 0.5) is 4.39 Å². The van der Waals surface area contributed by atoms with Crippen LogP contribution in [0.1, 0.15) is 31.2 Å². The van der Waals surface area contributed by atoms with Crippen molar-refractivity contribution in [2.75, 3.05) is 7.11 Å². The number of amides is 1. The molecule has 2 aliphatic rings. The average molecular weight is 315 g/mol. The lowest BCUT2D eigenvalue weighted by Gasteiger charge is -2.21. The summed E-state index contributed by atoms with van der Waals surface area (Å²) in [5.74, 6) is -1.07. The summed E-state index contributed by atoms with van der Waals surface area (Å²) < 4.78 is 17.8. The van der Waals surface area contributed by atoms with Crippen molar-refractivity contribution in [2.45, 2.75) is 31.7 Å². The molecule has 1 aromatic carbocycles. The molecule has 0 N–H and O–H groups in total. The van der Waals surface area contributed by atoms with Gasteiger partial charge in [-0.2, -0.15) is 0 Å². The van der Waals surface area contributed by atoms with Crippen molar-refractivity contribution in [3.63, 3.8) is 0 Å². The summed E-state index contributed by atoms with van der Waals surface area (Å²) in [4.78, 5) is 26.4. The molecule has 23 heavy (non-hydrogen) atoms. The van der Waals surface area contributed by atoms with Gasteiger partial charge in [0.15, 0.2) is 0 Å². The summed E-state index contributed by atoms with van der Waals surface area (Å²) in [6.45, 7) is 0. The first-order valence-corrected chi connectivity index (χ1v) is 7.70. The molecule has 1 aliphatic carbocycles. The summed E-state index contributed by atoms with van der Waals surface area (Å²) >= 11 is 0. The highest BCUT2D eigenvalue weighted by Crippen LogP contribution is 2.32. The van der Waals surface area contributed by atoms with E-state index in [1.165, 1.54) is 19.2 Å². The van der Waals surface area contributed by atoms with Crippen molar-refractivity contribution in [3.05, 3.63) is 53.0 Å². The normalized spacial score (nSPS) is 20.3. The van der Waals surface area contributed by atoms with Gasteiger partial charge in [-0.15, -0.1) is 0 Å². The van der Waals surface area contributed by atoms with Gasteiger partial charge < -0.3 is 9.64 Å². The molecular formula is C18H18FNO3. The molecule has 4 nitrogen and oxygen atoms in total. The second-order valence-corrected chi connectivity index (χ2v) is 5.79. The van der Waals surface area contributed by atoms with E-state index >= 15 is 0 Å². The Morgan fingerprint density at radius 1 is 1.26 bits per heavy atom. The topological polar surface area (TPSA) is 46.6 Å². The number of hydrogen-bond donors (Lipinski definition) is 0. The first-order chi connectivity index (χ1) is 11.1. The molecule has 0 spiro atoms. The van der Waals surface area contributed by atoms with Crippen molar-refractivity contribution in [3.8, 4) is 0 Å². The van der Waals surface area contributed by atoms with E-state index in [1.807, 2.05) is 0 Å². The smallest absolute Gasteiger partial charge is 0.340 e. The molecule has 0 saturated heterocycles. The van der Waals surface area contributed by atoms with Crippen LogP contribution in [0.15, 0.2) is 41.6 Å². The first kappa shape index (κ1) is 15.5. The van der Waals surface area contributed by atoms with E-state index in [4.69, 9.17) is 4.74 Å². The van der Waals surface area contributed by atoms with Crippen LogP contribution in [0.2, 0.25) is 0 Å². The Bertz CT molecular complexity index is 685. The number of ether oxygens (including phenoxy) is 1. The maximum atomic E-state index is 13.0. The maximum Gasteiger partial charge on any atom is 0.340 e. The van der Waals surface area contributed by atoms with E-state index in [9.17, 15) is 14.0 Å². The van der Waals surface area contributed by atoms with Crippen molar-refractivity contribution in [1.82, 2.24) is 4.90 Å². The van der Waals surface area contributed by atoms with Gasteiger partial charge in [-0.1, -0.05) is 25.0 Å². The molecule has 5 heteroatoms. The monoisotopic (exact) mass is 315 g/mol. The second kappa shape index (κ2) is 6.36. The molecule has 0 bridgehead atoms. The fraction of sp³-hybridized carbons (Fsp3) is 0.333. The van der Waals surface area contributed by atoms with Crippen LogP contribution in [0.25, 0.3) is 6.08 Å². The molecule has 1 amide bonds. The van der Waals surface area contributed by atoms with Gasteiger partial charge in [0, 0.05) is 12.2 Å². The SMILES string of the molecule is COC(=O)C1=CN(C2CCCC2)C(=O)/C1=C\c1ccc(F)cc1. The maximum absolute atomic E-state index is 13.0. The number of hydrogen-bond acceptors (Lipinski definition) is 3. The predicted molar refractivity (Wildman–Crippen MR) is 83.6 cm³/mol. The van der Waals surface area contributed by atoms with E-state index in [1.54, 1.807) is 29.3 Å². The van der Waals surface area contributed by atoms with Crippen LogP contribution in [-0.4, -0.2) is 29.9 Å². The molecule has 3 rings (SSSR count). The first-order valence-electron chi connectivity index (χ1n) is 7.70. The third-order valence-electron chi connectivity index (χ3n) is 4.33. The molecule has 0 unspecified atom stereocenters. The van der Waals surface area contributed by atoms with Gasteiger partial charge in [-0.3, -0.25) is 4.79 Å². The van der Waals surface area contributed by atoms with Crippen molar-refractivity contribution < 1.29 is 18.7 Å². The summed E-state index contributed by atoms with van der Waals surface area (Å²) in [5, 5.41) is 0. The van der Waals surface area contributed by atoms with Crippen LogP contribution < -0.4 is 0 Å². The average Bonchev–Trinajstić information content (AvgIpc) is 3.18. The number of esters is 1. The number of benzene rings is 1. The fourth-order valence-electron chi connectivity index (χ4n) is 3.11. The minimum Gasteiger partial charge on any atom is -0.465 e. The number of methoxy groups -OCH3 is 1.